The highest BCUT2D eigenvalue weighted by Crippen LogP contribution is 2.31. The second kappa shape index (κ2) is 8.11. The van der Waals surface area contributed by atoms with E-state index in [2.05, 4.69) is 26.1 Å². The van der Waals surface area contributed by atoms with E-state index in [0.29, 0.717) is 0 Å². The summed E-state index contributed by atoms with van der Waals surface area (Å²) in [7, 11) is 0. The molecule has 0 saturated heterocycles. The van der Waals surface area contributed by atoms with Crippen LogP contribution in [0.5, 0.6) is 0 Å². The van der Waals surface area contributed by atoms with E-state index in [1.807, 2.05) is 0 Å². The zero-order chi connectivity index (χ0) is 11.8. The fourth-order valence-electron chi connectivity index (χ4n) is 3.32. The van der Waals surface area contributed by atoms with Crippen LogP contribution in [-0.4, -0.2) is 12.6 Å². The minimum atomic E-state index is 0.801. The van der Waals surface area contributed by atoms with Crippen molar-refractivity contribution in [3.63, 3.8) is 0 Å². The lowest BCUT2D eigenvalue weighted by Gasteiger charge is -2.36. The van der Waals surface area contributed by atoms with Crippen molar-refractivity contribution in [1.82, 2.24) is 5.32 Å². The van der Waals surface area contributed by atoms with Gasteiger partial charge in [-0.1, -0.05) is 52.9 Å². The topological polar surface area (TPSA) is 12.0 Å². The number of hydrogen-bond acceptors (Lipinski definition) is 1. The summed E-state index contributed by atoms with van der Waals surface area (Å²) in [6.45, 7) is 8.20. The highest BCUT2D eigenvalue weighted by molar-refractivity contribution is 4.84. The number of hydrogen-bond donors (Lipinski definition) is 1. The van der Waals surface area contributed by atoms with Crippen LogP contribution >= 0.6 is 0 Å². The molecule has 1 aliphatic carbocycles. The van der Waals surface area contributed by atoms with Gasteiger partial charge in [-0.05, 0) is 37.6 Å². The van der Waals surface area contributed by atoms with Crippen molar-refractivity contribution in [3.8, 4) is 0 Å². The molecule has 1 N–H and O–H groups in total. The molecule has 1 unspecified atom stereocenters. The maximum absolute atomic E-state index is 3.84. The van der Waals surface area contributed by atoms with Gasteiger partial charge in [-0.2, -0.15) is 0 Å². The van der Waals surface area contributed by atoms with Crippen molar-refractivity contribution in [2.75, 3.05) is 6.54 Å². The van der Waals surface area contributed by atoms with Crippen LogP contribution in [0.4, 0.5) is 0 Å². The third kappa shape index (κ3) is 4.08. The first kappa shape index (κ1) is 14.0. The van der Waals surface area contributed by atoms with E-state index in [-0.39, 0.29) is 0 Å². The van der Waals surface area contributed by atoms with Gasteiger partial charge in [-0.25, -0.2) is 0 Å². The van der Waals surface area contributed by atoms with Crippen LogP contribution in [0.25, 0.3) is 0 Å². The molecule has 0 spiro atoms. The molecule has 1 aliphatic rings. The van der Waals surface area contributed by atoms with Crippen molar-refractivity contribution in [3.05, 3.63) is 0 Å². The third-order valence-electron chi connectivity index (χ3n) is 4.34. The maximum Gasteiger partial charge on any atom is 0.0123 e. The molecule has 0 aliphatic heterocycles. The van der Waals surface area contributed by atoms with Gasteiger partial charge >= 0.3 is 0 Å². The summed E-state index contributed by atoms with van der Waals surface area (Å²) in [6, 6.07) is 0.801. The van der Waals surface area contributed by atoms with E-state index in [0.717, 1.165) is 17.9 Å². The Labute approximate surface area is 102 Å². The molecule has 1 heteroatoms. The molecule has 96 valence electrons. The van der Waals surface area contributed by atoms with E-state index in [1.54, 1.807) is 0 Å². The minimum absolute atomic E-state index is 0.801. The summed E-state index contributed by atoms with van der Waals surface area (Å²) in [5, 5.41) is 3.84. The largest absolute Gasteiger partial charge is 0.313 e. The third-order valence-corrected chi connectivity index (χ3v) is 4.34. The van der Waals surface area contributed by atoms with Crippen LogP contribution in [0, 0.1) is 11.8 Å². The van der Waals surface area contributed by atoms with Crippen LogP contribution in [0.15, 0.2) is 0 Å². The second-order valence-electron chi connectivity index (χ2n) is 5.45. The lowest BCUT2D eigenvalue weighted by molar-refractivity contribution is 0.198. The lowest BCUT2D eigenvalue weighted by atomic mass is 9.77. The Kier molecular flexibility index (Phi) is 7.11. The molecular formula is C15H31N. The summed E-state index contributed by atoms with van der Waals surface area (Å²) < 4.78 is 0. The summed E-state index contributed by atoms with van der Waals surface area (Å²) >= 11 is 0. The number of nitrogens with one attached hydrogen (secondary N) is 1. The maximum atomic E-state index is 3.84. The molecule has 0 amide bonds. The van der Waals surface area contributed by atoms with Crippen molar-refractivity contribution in [2.24, 2.45) is 11.8 Å². The fraction of sp³-hybridized carbons (Fsp3) is 1.00. The normalized spacial score (nSPS) is 20.2. The predicted molar refractivity (Wildman–Crippen MR) is 72.7 cm³/mol. The highest BCUT2D eigenvalue weighted by Gasteiger charge is 2.27. The average Bonchev–Trinajstić information content (AvgIpc) is 2.35. The van der Waals surface area contributed by atoms with Crippen LogP contribution in [0.3, 0.4) is 0 Å². The van der Waals surface area contributed by atoms with Gasteiger partial charge in [0, 0.05) is 6.04 Å². The van der Waals surface area contributed by atoms with Gasteiger partial charge in [-0.15, -0.1) is 0 Å². The average molecular weight is 225 g/mol. The minimum Gasteiger partial charge on any atom is -0.313 e. The summed E-state index contributed by atoms with van der Waals surface area (Å²) in [4.78, 5) is 0. The molecule has 1 atom stereocenters. The van der Waals surface area contributed by atoms with Crippen LogP contribution < -0.4 is 5.32 Å². The Balaban J connectivity index is 2.52. The van der Waals surface area contributed by atoms with Crippen LogP contribution in [0.1, 0.15) is 72.1 Å². The lowest BCUT2D eigenvalue weighted by Crippen LogP contribution is -2.43. The van der Waals surface area contributed by atoms with E-state index < -0.39 is 0 Å². The van der Waals surface area contributed by atoms with E-state index >= 15 is 0 Å². The van der Waals surface area contributed by atoms with Gasteiger partial charge < -0.3 is 5.32 Å². The second-order valence-corrected chi connectivity index (χ2v) is 5.45. The molecular weight excluding hydrogens is 194 g/mol. The molecule has 1 saturated carbocycles. The van der Waals surface area contributed by atoms with Crippen molar-refractivity contribution >= 4 is 0 Å². The molecule has 0 bridgehead atoms. The Morgan fingerprint density at radius 1 is 1.00 bits per heavy atom. The van der Waals surface area contributed by atoms with E-state index in [9.17, 15) is 0 Å². The molecule has 0 aromatic heterocycles. The Morgan fingerprint density at radius 3 is 2.12 bits per heavy atom. The van der Waals surface area contributed by atoms with Gasteiger partial charge in [0.25, 0.3) is 0 Å². The van der Waals surface area contributed by atoms with E-state index in [4.69, 9.17) is 0 Å². The summed E-state index contributed by atoms with van der Waals surface area (Å²) in [5.41, 5.74) is 0. The first-order valence-corrected chi connectivity index (χ1v) is 7.56. The van der Waals surface area contributed by atoms with Gasteiger partial charge in [0.05, 0.1) is 0 Å². The molecule has 0 aromatic carbocycles. The van der Waals surface area contributed by atoms with Gasteiger partial charge in [0.1, 0.15) is 0 Å². The highest BCUT2D eigenvalue weighted by atomic mass is 14.9. The first-order valence-electron chi connectivity index (χ1n) is 7.56. The molecule has 16 heavy (non-hydrogen) atoms. The molecule has 0 radical (unpaired) electrons. The van der Waals surface area contributed by atoms with Crippen LogP contribution in [0.2, 0.25) is 0 Å². The van der Waals surface area contributed by atoms with Gasteiger partial charge in [0.2, 0.25) is 0 Å². The quantitative estimate of drug-likeness (QED) is 0.678. The predicted octanol–water partition coefficient (Wildman–Crippen LogP) is 4.37. The monoisotopic (exact) mass is 225 g/mol. The Bertz CT molecular complexity index is 157. The van der Waals surface area contributed by atoms with Gasteiger partial charge in [-0.3, -0.25) is 0 Å². The fourth-order valence-corrected chi connectivity index (χ4v) is 3.32. The molecule has 0 aromatic rings. The van der Waals surface area contributed by atoms with E-state index in [1.165, 1.54) is 57.9 Å². The Morgan fingerprint density at radius 2 is 1.62 bits per heavy atom. The first-order chi connectivity index (χ1) is 7.83. The SMILES string of the molecule is CCCNC(C(CC)CC)C1CCCCC1. The molecule has 1 rings (SSSR count). The van der Waals surface area contributed by atoms with Crippen molar-refractivity contribution in [2.45, 2.75) is 78.2 Å². The smallest absolute Gasteiger partial charge is 0.0123 e. The van der Waals surface area contributed by atoms with Crippen LogP contribution in [-0.2, 0) is 0 Å². The van der Waals surface area contributed by atoms with Crippen molar-refractivity contribution < 1.29 is 0 Å². The molecule has 0 heterocycles. The zero-order valence-corrected chi connectivity index (χ0v) is 11.6. The van der Waals surface area contributed by atoms with Crippen molar-refractivity contribution in [1.29, 1.82) is 0 Å². The standard InChI is InChI=1S/C15H31N/c1-4-12-16-15(13(5-2)6-3)14-10-8-7-9-11-14/h13-16H,4-12H2,1-3H3. The number of rotatable bonds is 7. The van der Waals surface area contributed by atoms with Gasteiger partial charge in [0.15, 0.2) is 0 Å². The molecule has 1 fully saturated rings. The summed E-state index contributed by atoms with van der Waals surface area (Å²) in [5.74, 6) is 1.86. The zero-order valence-electron chi connectivity index (χ0n) is 11.6. The summed E-state index contributed by atoms with van der Waals surface area (Å²) in [6.07, 6.45) is 11.3. The Hall–Kier alpha value is -0.0400. The molecule has 1 nitrogen and oxygen atoms in total.